The van der Waals surface area contributed by atoms with Crippen molar-refractivity contribution in [2.75, 3.05) is 10.7 Å². The van der Waals surface area contributed by atoms with Crippen LogP contribution in [0, 0.1) is 0 Å². The van der Waals surface area contributed by atoms with E-state index < -0.39 is 0 Å². The van der Waals surface area contributed by atoms with Gasteiger partial charge in [0.25, 0.3) is 0 Å². The first-order chi connectivity index (χ1) is 11.3. The third kappa shape index (κ3) is 3.13. The third-order valence-electron chi connectivity index (χ3n) is 4.77. The van der Waals surface area contributed by atoms with E-state index in [1.807, 2.05) is 48.5 Å². The second-order valence-corrected chi connectivity index (χ2v) is 7.03. The van der Waals surface area contributed by atoms with Crippen LogP contribution in [0.25, 0.3) is 0 Å². The van der Waals surface area contributed by atoms with Crippen molar-refractivity contribution in [2.24, 2.45) is 5.84 Å². The highest BCUT2D eigenvalue weighted by atomic mass is 16.7. The summed E-state index contributed by atoms with van der Waals surface area (Å²) < 4.78 is 12.2. The van der Waals surface area contributed by atoms with E-state index in [2.05, 4.69) is 38.4 Å². The summed E-state index contributed by atoms with van der Waals surface area (Å²) >= 11 is 0. The molecule has 1 aliphatic rings. The SMILES string of the molecule is CC1(C)OB(c2cccc(Nc3ccccc3NN)c2)OC1(C)C. The number of hydrogen-bond donors (Lipinski definition) is 3. The van der Waals surface area contributed by atoms with Crippen molar-refractivity contribution in [1.29, 1.82) is 0 Å². The number of rotatable bonds is 4. The van der Waals surface area contributed by atoms with Gasteiger partial charge >= 0.3 is 7.12 Å². The van der Waals surface area contributed by atoms with Gasteiger partial charge in [-0.2, -0.15) is 0 Å². The van der Waals surface area contributed by atoms with Crippen molar-refractivity contribution in [2.45, 2.75) is 38.9 Å². The second kappa shape index (κ2) is 6.13. The summed E-state index contributed by atoms with van der Waals surface area (Å²) in [7, 11) is -0.375. The molecular weight excluding hydrogens is 301 g/mol. The lowest BCUT2D eigenvalue weighted by Gasteiger charge is -2.32. The summed E-state index contributed by atoms with van der Waals surface area (Å²) in [6.07, 6.45) is 0. The normalized spacial score (nSPS) is 18.5. The molecule has 2 aromatic rings. The van der Waals surface area contributed by atoms with Gasteiger partial charge in [0, 0.05) is 5.69 Å². The van der Waals surface area contributed by atoms with Gasteiger partial charge in [0.15, 0.2) is 0 Å². The second-order valence-electron chi connectivity index (χ2n) is 7.03. The van der Waals surface area contributed by atoms with Crippen LogP contribution in [0.15, 0.2) is 48.5 Å². The Kier molecular flexibility index (Phi) is 4.30. The van der Waals surface area contributed by atoms with E-state index in [4.69, 9.17) is 15.2 Å². The van der Waals surface area contributed by atoms with Crippen LogP contribution in [0.4, 0.5) is 17.1 Å². The molecule has 0 bridgehead atoms. The van der Waals surface area contributed by atoms with Crippen LogP contribution in [0.2, 0.25) is 0 Å². The van der Waals surface area contributed by atoms with Crippen LogP contribution in [0.3, 0.4) is 0 Å². The maximum absolute atomic E-state index is 6.12. The Balaban J connectivity index is 1.83. The number of nitrogen functional groups attached to an aromatic ring is 1. The fourth-order valence-electron chi connectivity index (χ4n) is 2.62. The van der Waals surface area contributed by atoms with E-state index in [0.29, 0.717) is 0 Å². The molecule has 126 valence electrons. The predicted molar refractivity (Wildman–Crippen MR) is 99.7 cm³/mol. The van der Waals surface area contributed by atoms with Gasteiger partial charge in [-0.05, 0) is 57.4 Å². The Bertz CT molecular complexity index is 718. The van der Waals surface area contributed by atoms with Gasteiger partial charge in [0.05, 0.1) is 22.6 Å². The molecule has 0 amide bonds. The molecule has 2 aromatic carbocycles. The lowest BCUT2D eigenvalue weighted by Crippen LogP contribution is -2.41. The highest BCUT2D eigenvalue weighted by Gasteiger charge is 2.51. The van der Waals surface area contributed by atoms with E-state index >= 15 is 0 Å². The zero-order chi connectivity index (χ0) is 17.4. The molecule has 1 heterocycles. The molecule has 3 rings (SSSR count). The largest absolute Gasteiger partial charge is 0.494 e. The van der Waals surface area contributed by atoms with E-state index in [-0.39, 0.29) is 18.3 Å². The highest BCUT2D eigenvalue weighted by molar-refractivity contribution is 6.62. The molecule has 0 saturated carbocycles. The molecule has 1 fully saturated rings. The first-order valence-electron chi connectivity index (χ1n) is 8.11. The topological polar surface area (TPSA) is 68.5 Å². The average Bonchev–Trinajstić information content (AvgIpc) is 2.76. The van der Waals surface area contributed by atoms with Crippen molar-refractivity contribution in [3.63, 3.8) is 0 Å². The third-order valence-corrected chi connectivity index (χ3v) is 4.77. The van der Waals surface area contributed by atoms with Crippen molar-refractivity contribution >= 4 is 29.6 Å². The van der Waals surface area contributed by atoms with Crippen LogP contribution < -0.4 is 22.0 Å². The number of anilines is 3. The number of hydrazine groups is 1. The van der Waals surface area contributed by atoms with Crippen molar-refractivity contribution in [3.8, 4) is 0 Å². The fourth-order valence-corrected chi connectivity index (χ4v) is 2.62. The predicted octanol–water partition coefficient (Wildman–Crippen LogP) is 3.02. The molecule has 4 N–H and O–H groups in total. The summed E-state index contributed by atoms with van der Waals surface area (Å²) in [5, 5.41) is 3.38. The number of nitrogens with one attached hydrogen (secondary N) is 2. The van der Waals surface area contributed by atoms with Gasteiger partial charge in [-0.15, -0.1) is 0 Å². The molecular formula is C18H24BN3O2. The number of nitrogens with two attached hydrogens (primary N) is 1. The highest BCUT2D eigenvalue weighted by Crippen LogP contribution is 2.36. The van der Waals surface area contributed by atoms with E-state index in [0.717, 1.165) is 22.5 Å². The van der Waals surface area contributed by atoms with Gasteiger partial charge < -0.3 is 20.1 Å². The smallest absolute Gasteiger partial charge is 0.399 e. The quantitative estimate of drug-likeness (QED) is 0.458. The number of hydrogen-bond acceptors (Lipinski definition) is 5. The minimum atomic E-state index is -0.375. The molecule has 0 aliphatic carbocycles. The molecule has 1 saturated heterocycles. The summed E-state index contributed by atoms with van der Waals surface area (Å²) in [5.74, 6) is 5.56. The van der Waals surface area contributed by atoms with Gasteiger partial charge in [-0.3, -0.25) is 5.84 Å². The Morgan fingerprint density at radius 1 is 0.875 bits per heavy atom. The molecule has 0 unspecified atom stereocenters. The molecule has 0 spiro atoms. The van der Waals surface area contributed by atoms with Crippen LogP contribution in [-0.4, -0.2) is 18.3 Å². The minimum Gasteiger partial charge on any atom is -0.399 e. The van der Waals surface area contributed by atoms with Crippen molar-refractivity contribution < 1.29 is 9.31 Å². The molecule has 0 radical (unpaired) electrons. The molecule has 24 heavy (non-hydrogen) atoms. The standard InChI is InChI=1S/C18H24BN3O2/c1-17(2)18(3,4)24-19(23-17)13-8-7-9-14(12-13)21-15-10-5-6-11-16(15)22-20/h5-12,21-22H,20H2,1-4H3. The van der Waals surface area contributed by atoms with Crippen LogP contribution >= 0.6 is 0 Å². The fraction of sp³-hybridized carbons (Fsp3) is 0.333. The Hall–Kier alpha value is -2.02. The van der Waals surface area contributed by atoms with E-state index in [1.165, 1.54) is 0 Å². The van der Waals surface area contributed by atoms with Crippen LogP contribution in [-0.2, 0) is 9.31 Å². The van der Waals surface area contributed by atoms with Gasteiger partial charge in [-0.25, -0.2) is 0 Å². The number of benzene rings is 2. The zero-order valence-corrected chi connectivity index (χ0v) is 14.6. The van der Waals surface area contributed by atoms with E-state index in [9.17, 15) is 0 Å². The molecule has 0 atom stereocenters. The first kappa shape index (κ1) is 16.8. The summed E-state index contributed by atoms with van der Waals surface area (Å²) in [6.45, 7) is 8.22. The van der Waals surface area contributed by atoms with Crippen molar-refractivity contribution in [3.05, 3.63) is 48.5 Å². The summed E-state index contributed by atoms with van der Waals surface area (Å²) in [4.78, 5) is 0. The maximum atomic E-state index is 6.12. The lowest BCUT2D eigenvalue weighted by molar-refractivity contribution is 0.00578. The Labute approximate surface area is 143 Å². The molecule has 1 aliphatic heterocycles. The molecule has 5 nitrogen and oxygen atoms in total. The Morgan fingerprint density at radius 3 is 2.12 bits per heavy atom. The monoisotopic (exact) mass is 325 g/mol. The first-order valence-corrected chi connectivity index (χ1v) is 8.11. The van der Waals surface area contributed by atoms with E-state index in [1.54, 1.807) is 0 Å². The van der Waals surface area contributed by atoms with Gasteiger partial charge in [-0.1, -0.05) is 24.3 Å². The summed E-state index contributed by atoms with van der Waals surface area (Å²) in [5.41, 5.74) is 5.67. The Morgan fingerprint density at radius 2 is 1.50 bits per heavy atom. The van der Waals surface area contributed by atoms with Crippen LogP contribution in [0.1, 0.15) is 27.7 Å². The van der Waals surface area contributed by atoms with Crippen molar-refractivity contribution in [1.82, 2.24) is 0 Å². The maximum Gasteiger partial charge on any atom is 0.494 e. The van der Waals surface area contributed by atoms with Crippen LogP contribution in [0.5, 0.6) is 0 Å². The minimum absolute atomic E-state index is 0.350. The van der Waals surface area contributed by atoms with Gasteiger partial charge in [0.1, 0.15) is 0 Å². The molecule has 0 aromatic heterocycles. The molecule has 6 heteroatoms. The van der Waals surface area contributed by atoms with Gasteiger partial charge in [0.2, 0.25) is 0 Å². The number of para-hydroxylation sites is 2. The zero-order valence-electron chi connectivity index (χ0n) is 14.6. The lowest BCUT2D eigenvalue weighted by atomic mass is 9.79. The average molecular weight is 325 g/mol. The summed E-state index contributed by atoms with van der Waals surface area (Å²) in [6, 6.07) is 15.8.